The number of alkyl halides is 2. The Balaban J connectivity index is 1.83. The van der Waals surface area contributed by atoms with Gasteiger partial charge >= 0.3 is 0 Å². The second-order valence-electron chi connectivity index (χ2n) is 5.38. The SMILES string of the molecule is Fc1ccc(CN2CCC(F)(F)CC2)c2ccccc12. The van der Waals surface area contributed by atoms with E-state index in [1.807, 2.05) is 17.0 Å². The van der Waals surface area contributed by atoms with Gasteiger partial charge in [0, 0.05) is 37.9 Å². The van der Waals surface area contributed by atoms with Gasteiger partial charge < -0.3 is 0 Å². The standard InChI is InChI=1S/C16H16F3N/c17-15-6-5-12(13-3-1-2-4-14(13)15)11-20-9-7-16(18,19)8-10-20/h1-6H,7-11H2. The maximum Gasteiger partial charge on any atom is 0.250 e. The van der Waals surface area contributed by atoms with Crippen molar-refractivity contribution in [2.45, 2.75) is 25.3 Å². The minimum Gasteiger partial charge on any atom is -0.299 e. The maximum atomic E-state index is 13.7. The molecule has 20 heavy (non-hydrogen) atoms. The molecule has 2 aromatic carbocycles. The van der Waals surface area contributed by atoms with Crippen LogP contribution in [0, 0.1) is 5.82 Å². The van der Waals surface area contributed by atoms with E-state index < -0.39 is 5.92 Å². The van der Waals surface area contributed by atoms with Gasteiger partial charge in [-0.05, 0) is 17.0 Å². The van der Waals surface area contributed by atoms with Crippen LogP contribution >= 0.6 is 0 Å². The van der Waals surface area contributed by atoms with Crippen LogP contribution in [0.4, 0.5) is 13.2 Å². The van der Waals surface area contributed by atoms with Crippen molar-refractivity contribution < 1.29 is 13.2 Å². The number of piperidine rings is 1. The highest BCUT2D eigenvalue weighted by Gasteiger charge is 2.33. The molecule has 0 spiro atoms. The monoisotopic (exact) mass is 279 g/mol. The van der Waals surface area contributed by atoms with Gasteiger partial charge in [-0.2, -0.15) is 0 Å². The molecular formula is C16H16F3N. The first-order valence-electron chi connectivity index (χ1n) is 6.81. The first-order chi connectivity index (χ1) is 9.55. The average Bonchev–Trinajstić information content (AvgIpc) is 2.44. The number of halogens is 3. The summed E-state index contributed by atoms with van der Waals surface area (Å²) < 4.78 is 40.0. The van der Waals surface area contributed by atoms with Crippen LogP contribution in [0.2, 0.25) is 0 Å². The molecule has 4 heteroatoms. The van der Waals surface area contributed by atoms with Crippen LogP contribution in [0.3, 0.4) is 0 Å². The summed E-state index contributed by atoms with van der Waals surface area (Å²) in [5.41, 5.74) is 0.993. The molecule has 0 amide bonds. The fraction of sp³-hybridized carbons (Fsp3) is 0.375. The van der Waals surface area contributed by atoms with E-state index in [1.54, 1.807) is 18.2 Å². The van der Waals surface area contributed by atoms with Crippen LogP contribution in [0.15, 0.2) is 36.4 Å². The Kier molecular flexibility index (Phi) is 3.42. The molecule has 0 N–H and O–H groups in total. The molecule has 0 saturated carbocycles. The normalized spacial score (nSPS) is 19.4. The molecule has 1 saturated heterocycles. The van der Waals surface area contributed by atoms with Crippen molar-refractivity contribution in [1.82, 2.24) is 4.90 Å². The Hall–Kier alpha value is -1.55. The number of fused-ring (bicyclic) bond motifs is 1. The fourth-order valence-electron chi connectivity index (χ4n) is 2.74. The molecule has 3 rings (SSSR count). The van der Waals surface area contributed by atoms with E-state index in [-0.39, 0.29) is 18.7 Å². The van der Waals surface area contributed by atoms with Crippen LogP contribution in [-0.4, -0.2) is 23.9 Å². The van der Waals surface area contributed by atoms with Crippen molar-refractivity contribution in [2.75, 3.05) is 13.1 Å². The van der Waals surface area contributed by atoms with Gasteiger partial charge in [-0.3, -0.25) is 4.90 Å². The Morgan fingerprint density at radius 1 is 0.950 bits per heavy atom. The van der Waals surface area contributed by atoms with E-state index >= 15 is 0 Å². The largest absolute Gasteiger partial charge is 0.299 e. The molecule has 0 aliphatic carbocycles. The number of rotatable bonds is 2. The molecular weight excluding hydrogens is 263 g/mol. The molecule has 0 radical (unpaired) electrons. The third-order valence-corrected chi connectivity index (χ3v) is 3.94. The third-order valence-electron chi connectivity index (χ3n) is 3.94. The van der Waals surface area contributed by atoms with Crippen LogP contribution in [0.25, 0.3) is 10.8 Å². The summed E-state index contributed by atoms with van der Waals surface area (Å²) in [7, 11) is 0. The van der Waals surface area contributed by atoms with Crippen LogP contribution in [0.5, 0.6) is 0 Å². The summed E-state index contributed by atoms with van der Waals surface area (Å²) in [4.78, 5) is 2.01. The highest BCUT2D eigenvalue weighted by Crippen LogP contribution is 2.29. The predicted octanol–water partition coefficient (Wildman–Crippen LogP) is 4.21. The van der Waals surface area contributed by atoms with Crippen molar-refractivity contribution in [3.8, 4) is 0 Å². The summed E-state index contributed by atoms with van der Waals surface area (Å²) >= 11 is 0. The van der Waals surface area contributed by atoms with Gasteiger partial charge in [0.25, 0.3) is 5.92 Å². The lowest BCUT2D eigenvalue weighted by Gasteiger charge is -2.31. The number of likely N-dealkylation sites (tertiary alicyclic amines) is 1. The molecule has 2 aromatic rings. The van der Waals surface area contributed by atoms with E-state index in [4.69, 9.17) is 0 Å². The zero-order valence-corrected chi connectivity index (χ0v) is 11.1. The van der Waals surface area contributed by atoms with Crippen molar-refractivity contribution in [3.05, 3.63) is 47.8 Å². The Labute approximate surface area is 116 Å². The summed E-state index contributed by atoms with van der Waals surface area (Å²) in [5.74, 6) is -2.77. The molecule has 0 unspecified atom stereocenters. The van der Waals surface area contributed by atoms with Gasteiger partial charge in [-0.15, -0.1) is 0 Å². The van der Waals surface area contributed by atoms with Crippen molar-refractivity contribution in [1.29, 1.82) is 0 Å². The highest BCUT2D eigenvalue weighted by atomic mass is 19.3. The van der Waals surface area contributed by atoms with Gasteiger partial charge in [0.1, 0.15) is 5.82 Å². The molecule has 1 nitrogen and oxygen atoms in total. The van der Waals surface area contributed by atoms with Gasteiger partial charge in [0.15, 0.2) is 0 Å². The minimum absolute atomic E-state index is 0.0911. The molecule has 1 aliphatic heterocycles. The molecule has 0 aromatic heterocycles. The second kappa shape index (κ2) is 5.09. The van der Waals surface area contributed by atoms with E-state index in [1.165, 1.54) is 6.07 Å². The zero-order valence-electron chi connectivity index (χ0n) is 11.1. The van der Waals surface area contributed by atoms with Crippen LogP contribution in [0.1, 0.15) is 18.4 Å². The second-order valence-corrected chi connectivity index (χ2v) is 5.38. The van der Waals surface area contributed by atoms with Gasteiger partial charge in [-0.25, -0.2) is 13.2 Å². The first kappa shape index (κ1) is 13.4. The first-order valence-corrected chi connectivity index (χ1v) is 6.81. The van der Waals surface area contributed by atoms with Crippen LogP contribution < -0.4 is 0 Å². The predicted molar refractivity (Wildman–Crippen MR) is 73.4 cm³/mol. The van der Waals surface area contributed by atoms with Crippen molar-refractivity contribution in [3.63, 3.8) is 0 Å². The Morgan fingerprint density at radius 3 is 2.30 bits per heavy atom. The number of benzene rings is 2. The lowest BCUT2D eigenvalue weighted by atomic mass is 10.0. The minimum atomic E-state index is -2.53. The van der Waals surface area contributed by atoms with E-state index in [0.717, 1.165) is 10.9 Å². The number of nitrogens with zero attached hydrogens (tertiary/aromatic N) is 1. The summed E-state index contributed by atoms with van der Waals surface area (Å²) in [6.07, 6.45) is -0.182. The molecule has 0 atom stereocenters. The van der Waals surface area contributed by atoms with E-state index in [2.05, 4.69) is 0 Å². The van der Waals surface area contributed by atoms with Gasteiger partial charge in [0.2, 0.25) is 0 Å². The Bertz CT molecular complexity index is 614. The summed E-state index contributed by atoms with van der Waals surface area (Å²) in [6.45, 7) is 1.37. The van der Waals surface area contributed by atoms with E-state index in [9.17, 15) is 13.2 Å². The van der Waals surface area contributed by atoms with Gasteiger partial charge in [0.05, 0.1) is 0 Å². The third kappa shape index (κ3) is 2.66. The van der Waals surface area contributed by atoms with E-state index in [0.29, 0.717) is 25.0 Å². The topological polar surface area (TPSA) is 3.24 Å². The highest BCUT2D eigenvalue weighted by molar-refractivity contribution is 5.86. The van der Waals surface area contributed by atoms with Crippen LogP contribution in [-0.2, 0) is 6.54 Å². The molecule has 1 fully saturated rings. The zero-order chi connectivity index (χ0) is 14.2. The number of hydrogen-bond donors (Lipinski definition) is 0. The fourth-order valence-corrected chi connectivity index (χ4v) is 2.74. The smallest absolute Gasteiger partial charge is 0.250 e. The number of hydrogen-bond acceptors (Lipinski definition) is 1. The Morgan fingerprint density at radius 2 is 1.60 bits per heavy atom. The molecule has 1 aliphatic rings. The molecule has 0 bridgehead atoms. The van der Waals surface area contributed by atoms with Crippen molar-refractivity contribution in [2.24, 2.45) is 0 Å². The quantitative estimate of drug-likeness (QED) is 0.796. The average molecular weight is 279 g/mol. The van der Waals surface area contributed by atoms with Crippen molar-refractivity contribution >= 4 is 10.8 Å². The summed E-state index contributed by atoms with van der Waals surface area (Å²) in [5, 5.41) is 1.46. The maximum absolute atomic E-state index is 13.7. The summed E-state index contributed by atoms with van der Waals surface area (Å²) in [6, 6.07) is 10.5. The lowest BCUT2D eigenvalue weighted by molar-refractivity contribution is -0.0565. The lowest BCUT2D eigenvalue weighted by Crippen LogP contribution is -2.38. The molecule has 1 heterocycles. The molecule has 106 valence electrons. The van der Waals surface area contributed by atoms with Gasteiger partial charge in [-0.1, -0.05) is 30.3 Å².